The molecule has 1 aliphatic rings. The van der Waals surface area contributed by atoms with Gasteiger partial charge in [0.25, 0.3) is 0 Å². The van der Waals surface area contributed by atoms with Crippen LogP contribution in [-0.2, 0) is 12.1 Å². The van der Waals surface area contributed by atoms with E-state index in [9.17, 15) is 4.39 Å². The number of nitrogens with zero attached hydrogens (tertiary/aromatic N) is 3. The summed E-state index contributed by atoms with van der Waals surface area (Å²) in [7, 11) is 0. The van der Waals surface area contributed by atoms with E-state index in [0.29, 0.717) is 0 Å². The maximum Gasteiger partial charge on any atom is 0.148 e. The van der Waals surface area contributed by atoms with Crippen molar-refractivity contribution in [3.05, 3.63) is 59.4 Å². The monoisotopic (exact) mass is 285 g/mol. The second-order valence-electron chi connectivity index (χ2n) is 5.95. The molecular weight excluding hydrogens is 265 g/mol. The summed E-state index contributed by atoms with van der Waals surface area (Å²) in [5, 5.41) is 0. The van der Waals surface area contributed by atoms with Gasteiger partial charge in [0.2, 0.25) is 0 Å². The van der Waals surface area contributed by atoms with E-state index in [1.807, 2.05) is 31.3 Å². The van der Waals surface area contributed by atoms with Gasteiger partial charge in [0.05, 0.1) is 5.54 Å². The summed E-state index contributed by atoms with van der Waals surface area (Å²) in [5.41, 5.74) is 1.98. The summed E-state index contributed by atoms with van der Waals surface area (Å²) >= 11 is 0. The molecule has 21 heavy (non-hydrogen) atoms. The van der Waals surface area contributed by atoms with Gasteiger partial charge < -0.3 is 0 Å². The highest BCUT2D eigenvalue weighted by Crippen LogP contribution is 2.37. The lowest BCUT2D eigenvalue weighted by Gasteiger charge is -2.34. The van der Waals surface area contributed by atoms with E-state index in [4.69, 9.17) is 0 Å². The Hall–Kier alpha value is -1.81. The summed E-state index contributed by atoms with van der Waals surface area (Å²) in [5.74, 6) is 0.701. The Bertz CT molecular complexity index is 626. The molecule has 1 aliphatic heterocycles. The first-order valence-corrected chi connectivity index (χ1v) is 7.37. The second kappa shape index (κ2) is 5.53. The molecule has 4 heteroatoms. The van der Waals surface area contributed by atoms with E-state index in [1.54, 1.807) is 0 Å². The van der Waals surface area contributed by atoms with Crippen LogP contribution in [0.2, 0.25) is 0 Å². The fourth-order valence-electron chi connectivity index (χ4n) is 3.04. The standard InChI is InChI=1S/C17H20FN3/c1-13-8-10-19-16(20-13)17(2)9-3-11-21(17)12-14-4-6-15(18)7-5-14/h4-8,10H,3,9,11-12H2,1-2H3. The number of aromatic nitrogens is 2. The van der Waals surface area contributed by atoms with E-state index in [1.165, 1.54) is 12.1 Å². The minimum atomic E-state index is -0.190. The van der Waals surface area contributed by atoms with Gasteiger partial charge in [0.15, 0.2) is 0 Å². The fraction of sp³-hybridized carbons (Fsp3) is 0.412. The molecule has 110 valence electrons. The van der Waals surface area contributed by atoms with E-state index in [2.05, 4.69) is 21.8 Å². The van der Waals surface area contributed by atoms with Crippen LogP contribution in [0.5, 0.6) is 0 Å². The van der Waals surface area contributed by atoms with Crippen LogP contribution in [0.1, 0.15) is 36.8 Å². The van der Waals surface area contributed by atoms with Gasteiger partial charge in [-0.3, -0.25) is 4.90 Å². The summed E-state index contributed by atoms with van der Waals surface area (Å²) in [6.07, 6.45) is 4.02. The van der Waals surface area contributed by atoms with Crippen LogP contribution >= 0.6 is 0 Å². The van der Waals surface area contributed by atoms with Crippen molar-refractivity contribution in [2.45, 2.75) is 38.8 Å². The molecule has 1 aromatic heterocycles. The van der Waals surface area contributed by atoms with Crippen LogP contribution in [0, 0.1) is 12.7 Å². The third kappa shape index (κ3) is 2.81. The van der Waals surface area contributed by atoms with Gasteiger partial charge in [0.1, 0.15) is 11.6 Å². The summed E-state index contributed by atoms with van der Waals surface area (Å²) in [6.45, 7) is 6.02. The van der Waals surface area contributed by atoms with Crippen molar-refractivity contribution < 1.29 is 4.39 Å². The quantitative estimate of drug-likeness (QED) is 0.865. The zero-order valence-electron chi connectivity index (χ0n) is 12.5. The minimum Gasteiger partial charge on any atom is -0.287 e. The predicted octanol–water partition coefficient (Wildman–Crippen LogP) is 3.44. The Labute approximate surface area is 124 Å². The number of rotatable bonds is 3. The van der Waals surface area contributed by atoms with Gasteiger partial charge in [-0.2, -0.15) is 0 Å². The Kier molecular flexibility index (Phi) is 3.72. The number of hydrogen-bond donors (Lipinski definition) is 0. The highest BCUT2D eigenvalue weighted by molar-refractivity contribution is 5.18. The van der Waals surface area contributed by atoms with Crippen molar-refractivity contribution in [1.29, 1.82) is 0 Å². The molecule has 1 atom stereocenters. The van der Waals surface area contributed by atoms with Crippen molar-refractivity contribution in [2.24, 2.45) is 0 Å². The maximum atomic E-state index is 13.0. The minimum absolute atomic E-state index is 0.138. The highest BCUT2D eigenvalue weighted by Gasteiger charge is 2.40. The summed E-state index contributed by atoms with van der Waals surface area (Å²) in [6, 6.07) is 8.67. The molecule has 1 saturated heterocycles. The summed E-state index contributed by atoms with van der Waals surface area (Å²) in [4.78, 5) is 11.5. The van der Waals surface area contributed by atoms with Gasteiger partial charge in [-0.15, -0.1) is 0 Å². The molecule has 3 rings (SSSR count). The zero-order valence-corrected chi connectivity index (χ0v) is 12.5. The van der Waals surface area contributed by atoms with Crippen molar-refractivity contribution >= 4 is 0 Å². The normalized spacial score (nSPS) is 22.6. The topological polar surface area (TPSA) is 29.0 Å². The largest absolute Gasteiger partial charge is 0.287 e. The number of hydrogen-bond acceptors (Lipinski definition) is 3. The van der Waals surface area contributed by atoms with Crippen molar-refractivity contribution in [1.82, 2.24) is 14.9 Å². The molecule has 3 nitrogen and oxygen atoms in total. The molecule has 2 heterocycles. The fourth-order valence-corrected chi connectivity index (χ4v) is 3.04. The van der Waals surface area contributed by atoms with Crippen molar-refractivity contribution in [2.75, 3.05) is 6.54 Å². The van der Waals surface area contributed by atoms with Crippen LogP contribution in [0.4, 0.5) is 4.39 Å². The molecule has 0 bridgehead atoms. The maximum absolute atomic E-state index is 13.0. The van der Waals surface area contributed by atoms with Gasteiger partial charge >= 0.3 is 0 Å². The van der Waals surface area contributed by atoms with Gasteiger partial charge in [0, 0.05) is 18.4 Å². The van der Waals surface area contributed by atoms with Crippen LogP contribution in [-0.4, -0.2) is 21.4 Å². The first kappa shape index (κ1) is 14.1. The second-order valence-corrected chi connectivity index (χ2v) is 5.95. The van der Waals surface area contributed by atoms with Gasteiger partial charge in [-0.1, -0.05) is 12.1 Å². The average Bonchev–Trinajstić information content (AvgIpc) is 2.84. The molecule has 2 aromatic rings. The summed E-state index contributed by atoms with van der Waals surface area (Å²) < 4.78 is 13.0. The molecule has 1 unspecified atom stereocenters. The highest BCUT2D eigenvalue weighted by atomic mass is 19.1. The Morgan fingerprint density at radius 3 is 2.71 bits per heavy atom. The lowest BCUT2D eigenvalue weighted by atomic mass is 9.97. The lowest BCUT2D eigenvalue weighted by Crippen LogP contribution is -2.39. The van der Waals surface area contributed by atoms with Gasteiger partial charge in [-0.25, -0.2) is 14.4 Å². The molecule has 0 spiro atoms. The Morgan fingerprint density at radius 1 is 1.24 bits per heavy atom. The molecular formula is C17H20FN3. The van der Waals surface area contributed by atoms with E-state index >= 15 is 0 Å². The average molecular weight is 285 g/mol. The predicted molar refractivity (Wildman–Crippen MR) is 80.2 cm³/mol. The Morgan fingerprint density at radius 2 is 2.00 bits per heavy atom. The van der Waals surface area contributed by atoms with Crippen LogP contribution in [0.15, 0.2) is 36.5 Å². The van der Waals surface area contributed by atoms with Crippen molar-refractivity contribution in [3.8, 4) is 0 Å². The smallest absolute Gasteiger partial charge is 0.148 e. The van der Waals surface area contributed by atoms with E-state index in [0.717, 1.165) is 43.0 Å². The zero-order chi connectivity index (χ0) is 14.9. The van der Waals surface area contributed by atoms with Gasteiger partial charge in [-0.05, 0) is 57.0 Å². The third-order valence-electron chi connectivity index (χ3n) is 4.35. The number of benzene rings is 1. The SMILES string of the molecule is Cc1ccnc(C2(C)CCCN2Cc2ccc(F)cc2)n1. The van der Waals surface area contributed by atoms with E-state index < -0.39 is 0 Å². The molecule has 0 aliphatic carbocycles. The van der Waals surface area contributed by atoms with Crippen LogP contribution in [0.3, 0.4) is 0 Å². The Balaban J connectivity index is 1.86. The van der Waals surface area contributed by atoms with Crippen LogP contribution < -0.4 is 0 Å². The molecule has 1 aromatic carbocycles. The molecule has 0 radical (unpaired) electrons. The number of aryl methyl sites for hydroxylation is 1. The van der Waals surface area contributed by atoms with E-state index in [-0.39, 0.29) is 11.4 Å². The molecule has 0 amide bonds. The number of halogens is 1. The first-order chi connectivity index (χ1) is 10.1. The van der Waals surface area contributed by atoms with Crippen molar-refractivity contribution in [3.63, 3.8) is 0 Å². The molecule has 1 fully saturated rings. The lowest BCUT2D eigenvalue weighted by molar-refractivity contribution is 0.137. The number of likely N-dealkylation sites (tertiary alicyclic amines) is 1. The van der Waals surface area contributed by atoms with Crippen LogP contribution in [0.25, 0.3) is 0 Å². The molecule has 0 N–H and O–H groups in total. The first-order valence-electron chi connectivity index (χ1n) is 7.37. The molecule has 0 saturated carbocycles. The third-order valence-corrected chi connectivity index (χ3v) is 4.35.